The predicted molar refractivity (Wildman–Crippen MR) is 76.9 cm³/mol. The number of rotatable bonds is 1. The Bertz CT molecular complexity index is 548. The Morgan fingerprint density at radius 3 is 2.67 bits per heavy atom. The first-order chi connectivity index (χ1) is 9.70. The Morgan fingerprint density at radius 2 is 2.10 bits per heavy atom. The molecule has 1 aromatic carbocycles. The van der Waals surface area contributed by atoms with E-state index in [-0.39, 0.29) is 28.0 Å². The number of carbonyl (C=O) groups excluding carboxylic acids is 1. The quantitative estimate of drug-likeness (QED) is 0.829. The van der Waals surface area contributed by atoms with Crippen LogP contribution in [0.25, 0.3) is 0 Å². The summed E-state index contributed by atoms with van der Waals surface area (Å²) in [5, 5.41) is 0. The molecular weight excluding hydrogens is 349 g/mol. The predicted octanol–water partition coefficient (Wildman–Crippen LogP) is 3.42. The second-order valence-electron chi connectivity index (χ2n) is 5.32. The number of nitrogens with zero attached hydrogens (tertiary/aromatic N) is 1. The molecule has 0 radical (unpaired) electrons. The van der Waals surface area contributed by atoms with Crippen molar-refractivity contribution >= 4 is 21.8 Å². The molecule has 1 amide bonds. The van der Waals surface area contributed by atoms with Crippen molar-refractivity contribution in [2.45, 2.75) is 38.0 Å². The van der Waals surface area contributed by atoms with Crippen LogP contribution in [0, 0.1) is 0 Å². The third-order valence-corrected chi connectivity index (χ3v) is 4.39. The molecule has 21 heavy (non-hydrogen) atoms. The van der Waals surface area contributed by atoms with E-state index in [1.807, 2.05) is 6.92 Å². The van der Waals surface area contributed by atoms with E-state index in [9.17, 15) is 18.0 Å². The molecule has 1 saturated heterocycles. The zero-order valence-electron chi connectivity index (χ0n) is 11.5. The number of likely N-dealkylation sites (tertiary alicyclic amines) is 1. The summed E-state index contributed by atoms with van der Waals surface area (Å²) in [5.74, 6) is -0.382. The summed E-state index contributed by atoms with van der Waals surface area (Å²) in [7, 11) is 0. The fourth-order valence-electron chi connectivity index (χ4n) is 2.55. The number of hydrogen-bond donors (Lipinski definition) is 1. The van der Waals surface area contributed by atoms with E-state index in [2.05, 4.69) is 15.9 Å². The summed E-state index contributed by atoms with van der Waals surface area (Å²) in [6.07, 6.45) is -3.17. The molecule has 2 N–H and O–H groups in total. The average Bonchev–Trinajstić information content (AvgIpc) is 2.37. The fourth-order valence-corrected chi connectivity index (χ4v) is 3.02. The minimum atomic E-state index is -4.50. The van der Waals surface area contributed by atoms with Crippen LogP contribution in [0.3, 0.4) is 0 Å². The van der Waals surface area contributed by atoms with Crippen molar-refractivity contribution in [2.24, 2.45) is 5.73 Å². The molecule has 1 aliphatic heterocycles. The fraction of sp³-hybridized carbons (Fsp3) is 0.500. The Morgan fingerprint density at radius 1 is 1.43 bits per heavy atom. The van der Waals surface area contributed by atoms with Crippen LogP contribution < -0.4 is 5.73 Å². The van der Waals surface area contributed by atoms with Crippen LogP contribution in [0.2, 0.25) is 0 Å². The number of amides is 1. The van der Waals surface area contributed by atoms with Gasteiger partial charge in [0.2, 0.25) is 0 Å². The smallest absolute Gasteiger partial charge is 0.336 e. The van der Waals surface area contributed by atoms with E-state index in [0.29, 0.717) is 19.4 Å². The number of nitrogens with two attached hydrogens (primary N) is 1. The molecule has 2 rings (SSSR count). The van der Waals surface area contributed by atoms with Crippen molar-refractivity contribution in [1.29, 1.82) is 0 Å². The molecule has 7 heteroatoms. The lowest BCUT2D eigenvalue weighted by Gasteiger charge is -2.36. The molecular formula is C14H16BrF3N2O. The monoisotopic (exact) mass is 364 g/mol. The molecule has 116 valence electrons. The molecule has 0 aromatic heterocycles. The van der Waals surface area contributed by atoms with Gasteiger partial charge in [-0.25, -0.2) is 0 Å². The van der Waals surface area contributed by atoms with E-state index in [0.717, 1.165) is 6.07 Å². The first-order valence-electron chi connectivity index (χ1n) is 6.63. The van der Waals surface area contributed by atoms with Gasteiger partial charge in [-0.05, 0) is 38.0 Å². The minimum Gasteiger partial charge on any atom is -0.336 e. The average molecular weight is 365 g/mol. The summed E-state index contributed by atoms with van der Waals surface area (Å²) < 4.78 is 38.6. The van der Waals surface area contributed by atoms with Gasteiger partial charge in [0.15, 0.2) is 0 Å². The van der Waals surface area contributed by atoms with Gasteiger partial charge in [0.1, 0.15) is 0 Å². The van der Waals surface area contributed by atoms with E-state index in [1.54, 1.807) is 4.90 Å². The SMILES string of the molecule is CC1CC(N)CCN1C(=O)c1ccc(Br)c(C(F)(F)F)c1. The lowest BCUT2D eigenvalue weighted by molar-refractivity contribution is -0.138. The number of hydrogen-bond acceptors (Lipinski definition) is 2. The van der Waals surface area contributed by atoms with Crippen LogP contribution in [0.15, 0.2) is 22.7 Å². The van der Waals surface area contributed by atoms with Gasteiger partial charge in [-0.2, -0.15) is 13.2 Å². The van der Waals surface area contributed by atoms with Crippen molar-refractivity contribution < 1.29 is 18.0 Å². The zero-order valence-corrected chi connectivity index (χ0v) is 13.0. The van der Waals surface area contributed by atoms with Gasteiger partial charge in [0, 0.05) is 28.7 Å². The Labute approximate surface area is 129 Å². The molecule has 2 atom stereocenters. The molecule has 1 aliphatic rings. The van der Waals surface area contributed by atoms with E-state index >= 15 is 0 Å². The molecule has 0 bridgehead atoms. The van der Waals surface area contributed by atoms with Crippen molar-refractivity contribution in [1.82, 2.24) is 4.90 Å². The van der Waals surface area contributed by atoms with Crippen molar-refractivity contribution in [3.05, 3.63) is 33.8 Å². The van der Waals surface area contributed by atoms with E-state index < -0.39 is 11.7 Å². The van der Waals surface area contributed by atoms with Crippen LogP contribution in [0.4, 0.5) is 13.2 Å². The van der Waals surface area contributed by atoms with Crippen LogP contribution in [-0.4, -0.2) is 29.4 Å². The van der Waals surface area contributed by atoms with Crippen LogP contribution >= 0.6 is 15.9 Å². The van der Waals surface area contributed by atoms with Crippen molar-refractivity contribution in [3.63, 3.8) is 0 Å². The Balaban J connectivity index is 2.28. The Hall–Kier alpha value is -1.08. The lowest BCUT2D eigenvalue weighted by Crippen LogP contribution is -2.48. The second-order valence-corrected chi connectivity index (χ2v) is 6.18. The molecule has 0 saturated carbocycles. The molecule has 1 aromatic rings. The summed E-state index contributed by atoms with van der Waals surface area (Å²) in [4.78, 5) is 14.0. The van der Waals surface area contributed by atoms with E-state index in [4.69, 9.17) is 5.73 Å². The van der Waals surface area contributed by atoms with Crippen molar-refractivity contribution in [2.75, 3.05) is 6.54 Å². The number of piperidine rings is 1. The van der Waals surface area contributed by atoms with Gasteiger partial charge in [0.25, 0.3) is 5.91 Å². The lowest BCUT2D eigenvalue weighted by atomic mass is 9.98. The van der Waals surface area contributed by atoms with Gasteiger partial charge in [0.05, 0.1) is 5.56 Å². The highest BCUT2D eigenvalue weighted by Crippen LogP contribution is 2.35. The minimum absolute atomic E-state index is 0.0414. The molecule has 3 nitrogen and oxygen atoms in total. The highest BCUT2D eigenvalue weighted by Gasteiger charge is 2.35. The largest absolute Gasteiger partial charge is 0.417 e. The first kappa shape index (κ1) is 16.3. The maximum absolute atomic E-state index is 12.9. The third-order valence-electron chi connectivity index (χ3n) is 3.70. The molecule has 0 spiro atoms. The van der Waals surface area contributed by atoms with Crippen molar-refractivity contribution in [3.8, 4) is 0 Å². The van der Waals surface area contributed by atoms with Gasteiger partial charge < -0.3 is 10.6 Å². The third kappa shape index (κ3) is 3.58. The topological polar surface area (TPSA) is 46.3 Å². The summed E-state index contributed by atoms with van der Waals surface area (Å²) in [5.41, 5.74) is 5.05. The van der Waals surface area contributed by atoms with Crippen LogP contribution in [-0.2, 0) is 6.18 Å². The zero-order chi connectivity index (χ0) is 15.8. The number of benzene rings is 1. The molecule has 1 fully saturated rings. The van der Waals surface area contributed by atoms with E-state index in [1.165, 1.54) is 12.1 Å². The highest BCUT2D eigenvalue weighted by molar-refractivity contribution is 9.10. The number of halogens is 4. The number of carbonyl (C=O) groups is 1. The van der Waals surface area contributed by atoms with Gasteiger partial charge in [-0.15, -0.1) is 0 Å². The standard InChI is InChI=1S/C14H16BrF3N2O/c1-8-6-10(19)4-5-20(8)13(21)9-2-3-12(15)11(7-9)14(16,17)18/h2-3,7-8,10H,4-6,19H2,1H3. The van der Waals surface area contributed by atoms with Gasteiger partial charge >= 0.3 is 6.18 Å². The second kappa shape index (κ2) is 5.96. The number of alkyl halides is 3. The summed E-state index contributed by atoms with van der Waals surface area (Å²) in [6.45, 7) is 2.33. The van der Waals surface area contributed by atoms with Gasteiger partial charge in [-0.1, -0.05) is 15.9 Å². The molecule has 2 unspecified atom stereocenters. The maximum atomic E-state index is 12.9. The first-order valence-corrected chi connectivity index (χ1v) is 7.42. The highest BCUT2D eigenvalue weighted by atomic mass is 79.9. The summed E-state index contributed by atoms with van der Waals surface area (Å²) >= 11 is 2.87. The van der Waals surface area contributed by atoms with Crippen LogP contribution in [0.5, 0.6) is 0 Å². The van der Waals surface area contributed by atoms with Crippen LogP contribution in [0.1, 0.15) is 35.7 Å². The van der Waals surface area contributed by atoms with Gasteiger partial charge in [-0.3, -0.25) is 4.79 Å². The summed E-state index contributed by atoms with van der Waals surface area (Å²) in [6, 6.07) is 3.53. The maximum Gasteiger partial charge on any atom is 0.417 e. The normalized spacial score (nSPS) is 23.2. The molecule has 1 heterocycles. The Kier molecular flexibility index (Phi) is 4.63. The molecule has 0 aliphatic carbocycles.